The molecule has 0 spiro atoms. The third kappa shape index (κ3) is 3.73. The number of piperazine rings is 1. The van der Waals surface area contributed by atoms with Gasteiger partial charge >= 0.3 is 0 Å². The summed E-state index contributed by atoms with van der Waals surface area (Å²) in [7, 11) is 4.45. The van der Waals surface area contributed by atoms with Crippen molar-refractivity contribution in [1.29, 1.82) is 0 Å². The fraction of sp³-hybridized carbons (Fsp3) is 0.455. The van der Waals surface area contributed by atoms with E-state index in [1.165, 1.54) is 48.6 Å². The first kappa shape index (κ1) is 16.6. The molecule has 0 amide bonds. The van der Waals surface area contributed by atoms with Crippen LogP contribution >= 0.6 is 0 Å². The Balaban J connectivity index is 1.50. The molecule has 2 aromatic carbocycles. The van der Waals surface area contributed by atoms with Gasteiger partial charge in [0.15, 0.2) is 0 Å². The van der Waals surface area contributed by atoms with Crippen molar-refractivity contribution in [1.82, 2.24) is 9.80 Å². The topological polar surface area (TPSA) is 9.72 Å². The van der Waals surface area contributed by atoms with Crippen LogP contribution in [-0.2, 0) is 13.0 Å². The van der Waals surface area contributed by atoms with E-state index in [0.717, 1.165) is 19.5 Å². The first-order valence-electron chi connectivity index (χ1n) is 9.48. The average Bonchev–Trinajstić information content (AvgIpc) is 2.93. The van der Waals surface area contributed by atoms with Crippen LogP contribution in [0.2, 0.25) is 0 Å². The highest BCUT2D eigenvalue weighted by atomic mass is 15.2. The van der Waals surface area contributed by atoms with Crippen LogP contribution in [0.3, 0.4) is 0 Å². The molecule has 2 aliphatic rings. The Labute approximate surface area is 151 Å². The third-order valence-electron chi connectivity index (χ3n) is 5.76. The van der Waals surface area contributed by atoms with Gasteiger partial charge in [-0.15, -0.1) is 0 Å². The van der Waals surface area contributed by atoms with E-state index >= 15 is 0 Å². The lowest BCUT2D eigenvalue weighted by Gasteiger charge is -2.32. The zero-order valence-electron chi connectivity index (χ0n) is 15.5. The minimum atomic E-state index is 0.606. The van der Waals surface area contributed by atoms with Gasteiger partial charge in [-0.3, -0.25) is 4.90 Å². The van der Waals surface area contributed by atoms with Crippen molar-refractivity contribution in [3.8, 4) is 0 Å². The van der Waals surface area contributed by atoms with Crippen LogP contribution in [0.25, 0.3) is 0 Å². The van der Waals surface area contributed by atoms with Gasteiger partial charge in [0.25, 0.3) is 0 Å². The predicted octanol–water partition coefficient (Wildman–Crippen LogP) is 3.21. The normalized spacial score (nSPS) is 21.5. The minimum absolute atomic E-state index is 0.606. The Kier molecular flexibility index (Phi) is 4.78. The van der Waals surface area contributed by atoms with Gasteiger partial charge in [0, 0.05) is 57.9 Å². The fourth-order valence-electron chi connectivity index (χ4n) is 4.24. The van der Waals surface area contributed by atoms with Crippen LogP contribution in [0.5, 0.6) is 0 Å². The quantitative estimate of drug-likeness (QED) is 0.849. The van der Waals surface area contributed by atoms with Crippen molar-refractivity contribution in [2.45, 2.75) is 18.9 Å². The molecule has 2 aromatic rings. The van der Waals surface area contributed by atoms with Crippen molar-refractivity contribution in [3.63, 3.8) is 0 Å². The highest BCUT2D eigenvalue weighted by Gasteiger charge is 2.27. The second kappa shape index (κ2) is 7.19. The summed E-state index contributed by atoms with van der Waals surface area (Å²) in [6.07, 6.45) is 1.14. The number of nitrogens with zero attached hydrogens (tertiary/aromatic N) is 3. The molecular weight excluding hydrogens is 306 g/mol. The highest BCUT2D eigenvalue weighted by molar-refractivity contribution is 5.61. The molecule has 3 nitrogen and oxygen atoms in total. The molecule has 0 aromatic heterocycles. The molecule has 1 unspecified atom stereocenters. The molecule has 1 atom stereocenters. The number of anilines is 1. The van der Waals surface area contributed by atoms with E-state index in [9.17, 15) is 0 Å². The molecule has 3 heteroatoms. The Morgan fingerprint density at radius 3 is 2.40 bits per heavy atom. The van der Waals surface area contributed by atoms with Gasteiger partial charge in [0.2, 0.25) is 0 Å². The van der Waals surface area contributed by atoms with Crippen molar-refractivity contribution in [2.24, 2.45) is 0 Å². The standard InChI is InChI=1S/C22H29N3/c1-23-10-12-25(13-11-23)16-19-8-9-22-21(15-19)20(17-24(22)2)14-18-6-4-3-5-7-18/h3-9,15,20H,10-14,16-17H2,1-2H3. The first-order chi connectivity index (χ1) is 12.2. The zero-order chi connectivity index (χ0) is 17.2. The van der Waals surface area contributed by atoms with Gasteiger partial charge < -0.3 is 9.80 Å². The third-order valence-corrected chi connectivity index (χ3v) is 5.76. The molecule has 4 rings (SSSR count). The monoisotopic (exact) mass is 335 g/mol. The molecule has 0 saturated carbocycles. The van der Waals surface area contributed by atoms with Crippen molar-refractivity contribution in [3.05, 3.63) is 65.2 Å². The summed E-state index contributed by atoms with van der Waals surface area (Å²) in [5, 5.41) is 0. The van der Waals surface area contributed by atoms with E-state index in [1.807, 2.05) is 0 Å². The number of rotatable bonds is 4. The molecular formula is C22H29N3. The molecule has 2 heterocycles. The molecule has 1 fully saturated rings. The van der Waals surface area contributed by atoms with Gasteiger partial charge in [-0.05, 0) is 36.2 Å². The molecule has 0 N–H and O–H groups in total. The summed E-state index contributed by atoms with van der Waals surface area (Å²) in [5.74, 6) is 0.606. The fourth-order valence-corrected chi connectivity index (χ4v) is 4.24. The molecule has 0 radical (unpaired) electrons. The predicted molar refractivity (Wildman–Crippen MR) is 105 cm³/mol. The maximum absolute atomic E-state index is 2.59. The summed E-state index contributed by atoms with van der Waals surface area (Å²) in [6.45, 7) is 6.95. The molecule has 2 aliphatic heterocycles. The maximum Gasteiger partial charge on any atom is 0.0400 e. The van der Waals surface area contributed by atoms with E-state index in [2.05, 4.69) is 77.3 Å². The van der Waals surface area contributed by atoms with E-state index in [1.54, 1.807) is 0 Å². The SMILES string of the molecule is CN1CCN(Cc2ccc3c(c2)C(Cc2ccccc2)CN3C)CC1. The average molecular weight is 335 g/mol. The van der Waals surface area contributed by atoms with Crippen molar-refractivity contribution in [2.75, 3.05) is 51.7 Å². The van der Waals surface area contributed by atoms with Crippen LogP contribution in [-0.4, -0.2) is 56.6 Å². The van der Waals surface area contributed by atoms with Gasteiger partial charge in [-0.1, -0.05) is 42.5 Å². The Morgan fingerprint density at radius 2 is 1.64 bits per heavy atom. The van der Waals surface area contributed by atoms with Crippen LogP contribution in [0.15, 0.2) is 48.5 Å². The van der Waals surface area contributed by atoms with Gasteiger partial charge in [-0.2, -0.15) is 0 Å². The van der Waals surface area contributed by atoms with E-state index in [0.29, 0.717) is 5.92 Å². The van der Waals surface area contributed by atoms with Crippen LogP contribution in [0, 0.1) is 0 Å². The van der Waals surface area contributed by atoms with Gasteiger partial charge in [0.05, 0.1) is 0 Å². The van der Waals surface area contributed by atoms with E-state index < -0.39 is 0 Å². The maximum atomic E-state index is 2.59. The highest BCUT2D eigenvalue weighted by Crippen LogP contribution is 2.38. The Hall–Kier alpha value is -1.84. The number of fused-ring (bicyclic) bond motifs is 1. The molecule has 132 valence electrons. The second-order valence-electron chi connectivity index (χ2n) is 7.74. The van der Waals surface area contributed by atoms with Crippen molar-refractivity contribution < 1.29 is 0 Å². The molecule has 25 heavy (non-hydrogen) atoms. The number of likely N-dealkylation sites (N-methyl/N-ethyl adjacent to an activating group) is 2. The summed E-state index contributed by atoms with van der Waals surface area (Å²) < 4.78 is 0. The lowest BCUT2D eigenvalue weighted by molar-refractivity contribution is 0.148. The molecule has 1 saturated heterocycles. The lowest BCUT2D eigenvalue weighted by atomic mass is 9.92. The lowest BCUT2D eigenvalue weighted by Crippen LogP contribution is -2.43. The summed E-state index contributed by atoms with van der Waals surface area (Å²) in [5.41, 5.74) is 5.87. The molecule has 0 aliphatic carbocycles. The zero-order valence-corrected chi connectivity index (χ0v) is 15.5. The Morgan fingerprint density at radius 1 is 0.880 bits per heavy atom. The van der Waals surface area contributed by atoms with Gasteiger partial charge in [-0.25, -0.2) is 0 Å². The Bertz CT molecular complexity index is 704. The summed E-state index contributed by atoms with van der Waals surface area (Å²) in [4.78, 5) is 7.43. The smallest absolute Gasteiger partial charge is 0.0400 e. The van der Waals surface area contributed by atoms with Crippen molar-refractivity contribution >= 4 is 5.69 Å². The van der Waals surface area contributed by atoms with Crippen LogP contribution < -0.4 is 4.90 Å². The molecule has 0 bridgehead atoms. The second-order valence-corrected chi connectivity index (χ2v) is 7.74. The number of hydrogen-bond acceptors (Lipinski definition) is 3. The van der Waals surface area contributed by atoms with Crippen LogP contribution in [0.4, 0.5) is 5.69 Å². The summed E-state index contributed by atoms with van der Waals surface area (Å²) >= 11 is 0. The number of hydrogen-bond donors (Lipinski definition) is 0. The largest absolute Gasteiger partial charge is 0.374 e. The first-order valence-corrected chi connectivity index (χ1v) is 9.48. The van der Waals surface area contributed by atoms with Crippen LogP contribution in [0.1, 0.15) is 22.6 Å². The van der Waals surface area contributed by atoms with Gasteiger partial charge in [0.1, 0.15) is 0 Å². The van der Waals surface area contributed by atoms with E-state index in [-0.39, 0.29) is 0 Å². The number of benzene rings is 2. The summed E-state index contributed by atoms with van der Waals surface area (Å²) in [6, 6.07) is 18.1. The van der Waals surface area contributed by atoms with E-state index in [4.69, 9.17) is 0 Å². The minimum Gasteiger partial charge on any atom is -0.374 e.